The zero-order chi connectivity index (χ0) is 15.7. The lowest BCUT2D eigenvalue weighted by molar-refractivity contribution is 0.489. The molecule has 0 saturated carbocycles. The lowest BCUT2D eigenvalue weighted by atomic mass is 10.0. The molecule has 5 heteroatoms. The van der Waals surface area contributed by atoms with Gasteiger partial charge >= 0.3 is 0 Å². The Kier molecular flexibility index (Phi) is 11.2. The maximum absolute atomic E-state index is 4.29. The molecular formula is C17H31IN4. The highest BCUT2D eigenvalue weighted by molar-refractivity contribution is 14.0. The fourth-order valence-corrected chi connectivity index (χ4v) is 2.18. The van der Waals surface area contributed by atoms with Gasteiger partial charge in [-0.15, -0.1) is 24.0 Å². The summed E-state index contributed by atoms with van der Waals surface area (Å²) in [6, 6.07) is 2.53. The molecule has 126 valence electrons. The van der Waals surface area contributed by atoms with Gasteiger partial charge in [0.05, 0.1) is 0 Å². The molecule has 4 nitrogen and oxygen atoms in total. The summed E-state index contributed by atoms with van der Waals surface area (Å²) < 4.78 is 0. The smallest absolute Gasteiger partial charge is 0.191 e. The van der Waals surface area contributed by atoms with E-state index in [9.17, 15) is 0 Å². The molecule has 1 aromatic heterocycles. The van der Waals surface area contributed by atoms with Crippen LogP contribution in [0.3, 0.4) is 0 Å². The van der Waals surface area contributed by atoms with E-state index in [-0.39, 0.29) is 24.0 Å². The number of aliphatic imine (C=N–C) groups is 1. The molecule has 0 fully saturated rings. The summed E-state index contributed by atoms with van der Waals surface area (Å²) in [4.78, 5) is 8.41. The van der Waals surface area contributed by atoms with Gasteiger partial charge in [0.25, 0.3) is 0 Å². The molecule has 1 atom stereocenters. The molecule has 2 N–H and O–H groups in total. The van der Waals surface area contributed by atoms with Crippen LogP contribution in [-0.4, -0.2) is 30.6 Å². The Bertz CT molecular complexity index is 446. The van der Waals surface area contributed by atoms with Crippen molar-refractivity contribution >= 4 is 29.9 Å². The maximum atomic E-state index is 4.29. The van der Waals surface area contributed by atoms with Crippen LogP contribution < -0.4 is 10.6 Å². The molecule has 0 aliphatic carbocycles. The summed E-state index contributed by atoms with van der Waals surface area (Å²) in [7, 11) is 1.82. The van der Waals surface area contributed by atoms with Crippen LogP contribution in [0.15, 0.2) is 23.5 Å². The second-order valence-electron chi connectivity index (χ2n) is 6.07. The quantitative estimate of drug-likeness (QED) is 0.405. The van der Waals surface area contributed by atoms with Gasteiger partial charge in [-0.2, -0.15) is 0 Å². The summed E-state index contributed by atoms with van der Waals surface area (Å²) in [6.45, 7) is 9.71. The predicted octanol–water partition coefficient (Wildman–Crippen LogP) is 3.54. The summed E-state index contributed by atoms with van der Waals surface area (Å²) in [5.41, 5.74) is 2.58. The SMILES string of the molecule is CN=C(NCCc1ccncc1C)NC(C)CCC(C)C.I. The fraction of sp³-hybridized carbons (Fsp3) is 0.647. The number of hydrogen-bond donors (Lipinski definition) is 2. The number of nitrogens with zero attached hydrogens (tertiary/aromatic N) is 2. The Morgan fingerprint density at radius 2 is 2.00 bits per heavy atom. The first-order valence-corrected chi connectivity index (χ1v) is 7.89. The second-order valence-corrected chi connectivity index (χ2v) is 6.07. The molecule has 0 spiro atoms. The van der Waals surface area contributed by atoms with Crippen molar-refractivity contribution in [2.75, 3.05) is 13.6 Å². The Balaban J connectivity index is 0.00000441. The number of halogens is 1. The number of rotatable bonds is 7. The van der Waals surface area contributed by atoms with E-state index in [1.807, 2.05) is 19.4 Å². The minimum atomic E-state index is 0. The van der Waals surface area contributed by atoms with Crippen LogP contribution >= 0.6 is 24.0 Å². The predicted molar refractivity (Wildman–Crippen MR) is 106 cm³/mol. The topological polar surface area (TPSA) is 49.3 Å². The maximum Gasteiger partial charge on any atom is 0.191 e. The van der Waals surface area contributed by atoms with E-state index in [0.717, 1.165) is 24.8 Å². The van der Waals surface area contributed by atoms with Crippen molar-refractivity contribution in [1.29, 1.82) is 0 Å². The summed E-state index contributed by atoms with van der Waals surface area (Å²) in [5, 5.41) is 6.83. The molecule has 0 aromatic carbocycles. The average Bonchev–Trinajstić information content (AvgIpc) is 2.46. The van der Waals surface area contributed by atoms with Gasteiger partial charge < -0.3 is 10.6 Å². The molecule has 0 aliphatic heterocycles. The molecule has 1 rings (SSSR count). The minimum Gasteiger partial charge on any atom is -0.356 e. The third kappa shape index (κ3) is 8.56. The first-order valence-electron chi connectivity index (χ1n) is 7.89. The Hall–Kier alpha value is -0.850. The van der Waals surface area contributed by atoms with Crippen molar-refractivity contribution in [3.8, 4) is 0 Å². The van der Waals surface area contributed by atoms with Crippen LogP contribution in [-0.2, 0) is 6.42 Å². The standard InChI is InChI=1S/C17H30N4.HI/c1-13(2)6-7-15(4)21-17(18-5)20-11-9-16-8-10-19-12-14(16)3;/h8,10,12-13,15H,6-7,9,11H2,1-5H3,(H2,18,20,21);1H. The van der Waals surface area contributed by atoms with Crippen molar-refractivity contribution in [2.24, 2.45) is 10.9 Å². The summed E-state index contributed by atoms with van der Waals surface area (Å²) in [5.74, 6) is 1.64. The number of pyridine rings is 1. The summed E-state index contributed by atoms with van der Waals surface area (Å²) in [6.07, 6.45) is 7.15. The van der Waals surface area contributed by atoms with Gasteiger partial charge in [-0.1, -0.05) is 13.8 Å². The Morgan fingerprint density at radius 3 is 2.59 bits per heavy atom. The van der Waals surface area contributed by atoms with Crippen molar-refractivity contribution in [3.63, 3.8) is 0 Å². The first-order chi connectivity index (χ1) is 10.0. The third-order valence-electron chi connectivity index (χ3n) is 3.61. The van der Waals surface area contributed by atoms with Gasteiger partial charge in [0, 0.05) is 32.0 Å². The highest BCUT2D eigenvalue weighted by atomic mass is 127. The second kappa shape index (κ2) is 11.7. The van der Waals surface area contributed by atoms with Gasteiger partial charge in [0.2, 0.25) is 0 Å². The van der Waals surface area contributed by atoms with Crippen LogP contribution in [0, 0.1) is 12.8 Å². The van der Waals surface area contributed by atoms with Crippen molar-refractivity contribution in [3.05, 3.63) is 29.6 Å². The van der Waals surface area contributed by atoms with Crippen LogP contribution in [0.5, 0.6) is 0 Å². The van der Waals surface area contributed by atoms with Gasteiger partial charge in [-0.3, -0.25) is 9.98 Å². The minimum absolute atomic E-state index is 0. The molecule has 22 heavy (non-hydrogen) atoms. The van der Waals surface area contributed by atoms with Gasteiger partial charge in [0.1, 0.15) is 0 Å². The van der Waals surface area contributed by atoms with E-state index in [1.54, 1.807) is 0 Å². The molecule has 0 amide bonds. The number of guanidine groups is 1. The molecule has 1 heterocycles. The monoisotopic (exact) mass is 418 g/mol. The van der Waals surface area contributed by atoms with E-state index < -0.39 is 0 Å². The van der Waals surface area contributed by atoms with Crippen LogP contribution in [0.1, 0.15) is 44.7 Å². The van der Waals surface area contributed by atoms with Crippen LogP contribution in [0.25, 0.3) is 0 Å². The zero-order valence-corrected chi connectivity index (χ0v) is 16.8. The zero-order valence-electron chi connectivity index (χ0n) is 14.5. The lowest BCUT2D eigenvalue weighted by Gasteiger charge is -2.18. The first kappa shape index (κ1) is 21.1. The molecule has 1 unspecified atom stereocenters. The highest BCUT2D eigenvalue weighted by Crippen LogP contribution is 2.06. The van der Waals surface area contributed by atoms with Gasteiger partial charge in [-0.25, -0.2) is 0 Å². The van der Waals surface area contributed by atoms with Gasteiger partial charge in [-0.05, 0) is 56.2 Å². The van der Waals surface area contributed by atoms with Crippen molar-refractivity contribution in [1.82, 2.24) is 15.6 Å². The number of aryl methyl sites for hydroxylation is 1. The van der Waals surface area contributed by atoms with Gasteiger partial charge in [0.15, 0.2) is 5.96 Å². The average molecular weight is 418 g/mol. The Morgan fingerprint density at radius 1 is 1.27 bits per heavy atom. The number of aromatic nitrogens is 1. The van der Waals surface area contributed by atoms with E-state index >= 15 is 0 Å². The third-order valence-corrected chi connectivity index (χ3v) is 3.61. The normalized spacial score (nSPS) is 12.7. The number of nitrogens with one attached hydrogen (secondary N) is 2. The van der Waals surface area contributed by atoms with Crippen LogP contribution in [0.4, 0.5) is 0 Å². The molecular weight excluding hydrogens is 387 g/mol. The van der Waals surface area contributed by atoms with E-state index in [2.05, 4.69) is 54.4 Å². The van der Waals surface area contributed by atoms with Crippen LogP contribution in [0.2, 0.25) is 0 Å². The Labute approximate surface area is 152 Å². The van der Waals surface area contributed by atoms with Crippen molar-refractivity contribution < 1.29 is 0 Å². The number of hydrogen-bond acceptors (Lipinski definition) is 2. The molecule has 0 bridgehead atoms. The summed E-state index contributed by atoms with van der Waals surface area (Å²) >= 11 is 0. The van der Waals surface area contributed by atoms with Crippen molar-refractivity contribution in [2.45, 2.75) is 53.0 Å². The molecule has 1 aromatic rings. The fourth-order valence-electron chi connectivity index (χ4n) is 2.18. The highest BCUT2D eigenvalue weighted by Gasteiger charge is 2.06. The van der Waals surface area contributed by atoms with E-state index in [1.165, 1.54) is 24.0 Å². The molecule has 0 saturated heterocycles. The van der Waals surface area contributed by atoms with E-state index in [0.29, 0.717) is 6.04 Å². The molecule has 0 aliphatic rings. The van der Waals surface area contributed by atoms with E-state index in [4.69, 9.17) is 0 Å². The lowest BCUT2D eigenvalue weighted by Crippen LogP contribution is -2.43. The largest absolute Gasteiger partial charge is 0.356 e. The molecule has 0 radical (unpaired) electrons.